The van der Waals surface area contributed by atoms with Crippen LogP contribution in [0.3, 0.4) is 0 Å². The Labute approximate surface area is 323 Å². The number of halogens is 38. The first-order valence-corrected chi connectivity index (χ1v) is 12.5. The molecule has 0 saturated heterocycles. The van der Waals surface area contributed by atoms with Crippen LogP contribution in [-0.2, 0) is 26.4 Å². The van der Waals surface area contributed by atoms with E-state index in [1.807, 2.05) is 0 Å². The van der Waals surface area contributed by atoms with E-state index in [1.165, 1.54) is 0 Å². The van der Waals surface area contributed by atoms with Crippen LogP contribution in [0.4, 0.5) is 167 Å². The van der Waals surface area contributed by atoms with Gasteiger partial charge in [-0.3, -0.25) is 0 Å². The SMILES string of the molecule is O=C(O)C(F)(F)C(F)(F)C(F)(F)C(F)(F)C(F)(F)C(F)(F)C(F)(F)C(F)(F)C(F)(F)F.O=C(O)C(F)(F)C(F)(F)C(F)(F)C(F)(F)C(F)(F)C(F)(F)C(F)(F)C(F)(F)C(F)(F)F.[Co]. The van der Waals surface area contributed by atoms with Crippen LogP contribution in [0.1, 0.15) is 0 Å². The Kier molecular flexibility index (Phi) is 16.3. The molecule has 0 fully saturated rings. The molecule has 0 aliphatic rings. The van der Waals surface area contributed by atoms with Crippen LogP contribution >= 0.6 is 0 Å². The summed E-state index contributed by atoms with van der Waals surface area (Å²) in [5, 5.41) is 15.2. The number of carbonyl (C=O) groups is 2. The Morgan fingerprint density at radius 3 is 0.397 bits per heavy atom. The normalized spacial score (nSPS) is 16.2. The molecule has 0 atom stereocenters. The Morgan fingerprint density at radius 2 is 0.302 bits per heavy atom. The molecule has 381 valence electrons. The summed E-state index contributed by atoms with van der Waals surface area (Å²) in [7, 11) is 0. The van der Waals surface area contributed by atoms with Gasteiger partial charge in [-0.1, -0.05) is 0 Å². The van der Waals surface area contributed by atoms with E-state index in [0.29, 0.717) is 0 Å². The molecule has 0 aromatic carbocycles. The summed E-state index contributed by atoms with van der Waals surface area (Å²) in [6.07, 6.45) is -15.9. The van der Waals surface area contributed by atoms with E-state index in [-0.39, 0.29) is 16.8 Å². The molecule has 2 N–H and O–H groups in total. The summed E-state index contributed by atoms with van der Waals surface area (Å²) in [4.78, 5) is 19.6. The molecule has 0 aromatic heterocycles. The molecule has 1 radical (unpaired) electrons. The van der Waals surface area contributed by atoms with Gasteiger partial charge in [0.1, 0.15) is 0 Å². The molecule has 0 unspecified atom stereocenters. The molecule has 0 heterocycles. The zero-order chi connectivity index (χ0) is 52.2. The minimum atomic E-state index is -9.06. The summed E-state index contributed by atoms with van der Waals surface area (Å²) >= 11 is 0. The Morgan fingerprint density at radius 1 is 0.206 bits per heavy atom. The second-order valence-corrected chi connectivity index (χ2v) is 10.8. The topological polar surface area (TPSA) is 74.6 Å². The predicted molar refractivity (Wildman–Crippen MR) is 107 cm³/mol. The van der Waals surface area contributed by atoms with Crippen LogP contribution in [0.15, 0.2) is 0 Å². The maximum absolute atomic E-state index is 13.1. The second-order valence-electron chi connectivity index (χ2n) is 10.8. The van der Waals surface area contributed by atoms with Gasteiger partial charge in [-0.25, -0.2) is 9.59 Å². The van der Waals surface area contributed by atoms with Gasteiger partial charge in [-0.15, -0.1) is 0 Å². The second kappa shape index (κ2) is 16.0. The van der Waals surface area contributed by atoms with Gasteiger partial charge in [-0.05, 0) is 0 Å². The minimum absolute atomic E-state index is 0. The van der Waals surface area contributed by atoms with Gasteiger partial charge in [0, 0.05) is 16.8 Å². The van der Waals surface area contributed by atoms with Crippen LogP contribution in [-0.4, -0.2) is 129 Å². The smallest absolute Gasteiger partial charge is 0.460 e. The number of aliphatic carboxylic acids is 2. The van der Waals surface area contributed by atoms with Crippen molar-refractivity contribution >= 4 is 11.9 Å². The van der Waals surface area contributed by atoms with Crippen LogP contribution in [0.2, 0.25) is 0 Å². The average molecular weight is 1090 g/mol. The molecule has 43 heteroatoms. The summed E-state index contributed by atoms with van der Waals surface area (Å²) in [5.74, 6) is -147. The van der Waals surface area contributed by atoms with E-state index >= 15 is 0 Å². The van der Waals surface area contributed by atoms with Gasteiger partial charge in [0.2, 0.25) is 0 Å². The molecular formula is C20H2CoF38O4. The van der Waals surface area contributed by atoms with Crippen LogP contribution in [0.25, 0.3) is 0 Å². The van der Waals surface area contributed by atoms with Crippen molar-refractivity contribution in [2.45, 2.75) is 107 Å². The zero-order valence-electron chi connectivity index (χ0n) is 26.4. The van der Waals surface area contributed by atoms with Crippen molar-refractivity contribution in [3.63, 3.8) is 0 Å². The quantitative estimate of drug-likeness (QED) is 0.151. The van der Waals surface area contributed by atoms with Gasteiger partial charge in [0.25, 0.3) is 0 Å². The Balaban J connectivity index is -0.00000112. The molecule has 0 aliphatic carbocycles. The van der Waals surface area contributed by atoms with Crippen molar-refractivity contribution < 1.29 is 203 Å². The van der Waals surface area contributed by atoms with Crippen molar-refractivity contribution in [2.24, 2.45) is 0 Å². The zero-order valence-corrected chi connectivity index (χ0v) is 27.4. The molecule has 0 amide bonds. The van der Waals surface area contributed by atoms with E-state index in [1.54, 1.807) is 0 Å². The number of hydrogen-bond donors (Lipinski definition) is 2. The number of carboxylic acid groups (broad SMARTS) is 2. The summed E-state index contributed by atoms with van der Waals surface area (Å²) in [5.41, 5.74) is 0. The van der Waals surface area contributed by atoms with Gasteiger partial charge in [-0.2, -0.15) is 167 Å². The fourth-order valence-electron chi connectivity index (χ4n) is 2.99. The van der Waals surface area contributed by atoms with E-state index in [4.69, 9.17) is 10.2 Å². The van der Waals surface area contributed by atoms with Gasteiger partial charge in [0.05, 0.1) is 0 Å². The Bertz CT molecular complexity index is 1530. The maximum atomic E-state index is 13.1. The predicted octanol–water partition coefficient (Wildman–Crippen LogP) is 11.4. The first kappa shape index (κ1) is 64.1. The average Bonchev–Trinajstić information content (AvgIpc) is 3.02. The van der Waals surface area contributed by atoms with Crippen molar-refractivity contribution in [3.8, 4) is 0 Å². The Hall–Kier alpha value is -3.21. The van der Waals surface area contributed by atoms with E-state index in [0.717, 1.165) is 0 Å². The minimum Gasteiger partial charge on any atom is -0.477 e. The molecule has 0 aliphatic heterocycles. The van der Waals surface area contributed by atoms with Crippen molar-refractivity contribution in [1.82, 2.24) is 0 Å². The third-order valence-corrected chi connectivity index (χ3v) is 6.77. The first-order chi connectivity index (χ1) is 25.9. The molecule has 0 spiro atoms. The standard InChI is InChI=1S/2C10HF19O2.Co/c2*11-2(12,1(30)31)3(13,14)4(15,16)5(17,18)6(19,20)7(21,22)8(23,24)9(25,26)10(27,28)29;/h2*(H,30,31);. The van der Waals surface area contributed by atoms with Crippen LogP contribution in [0.5, 0.6) is 0 Å². The summed E-state index contributed by atoms with van der Waals surface area (Å²) in [6, 6.07) is 0. The van der Waals surface area contributed by atoms with E-state index < -0.39 is 119 Å². The van der Waals surface area contributed by atoms with Gasteiger partial charge < -0.3 is 10.2 Å². The third kappa shape index (κ3) is 8.12. The monoisotopic (exact) mass is 1090 g/mol. The van der Waals surface area contributed by atoms with Crippen LogP contribution < -0.4 is 0 Å². The maximum Gasteiger partial charge on any atom is 0.460 e. The van der Waals surface area contributed by atoms with Gasteiger partial charge in [0.15, 0.2) is 0 Å². The van der Waals surface area contributed by atoms with E-state index in [9.17, 15) is 176 Å². The largest absolute Gasteiger partial charge is 0.477 e. The summed E-state index contributed by atoms with van der Waals surface area (Å²) < 4.78 is 483. The van der Waals surface area contributed by atoms with Crippen LogP contribution in [0, 0.1) is 0 Å². The molecule has 63 heavy (non-hydrogen) atoms. The summed E-state index contributed by atoms with van der Waals surface area (Å²) in [6.45, 7) is 0. The van der Waals surface area contributed by atoms with Gasteiger partial charge >= 0.3 is 119 Å². The number of carboxylic acids is 2. The van der Waals surface area contributed by atoms with Crippen molar-refractivity contribution in [1.29, 1.82) is 0 Å². The molecule has 0 saturated carbocycles. The number of rotatable bonds is 16. The molecule has 0 rings (SSSR count). The first-order valence-electron chi connectivity index (χ1n) is 12.5. The fourth-order valence-corrected chi connectivity index (χ4v) is 2.99. The molecular weight excluding hydrogens is 1090 g/mol. The molecule has 4 nitrogen and oxygen atoms in total. The third-order valence-electron chi connectivity index (χ3n) is 6.77. The number of alkyl halides is 38. The van der Waals surface area contributed by atoms with Crippen molar-refractivity contribution in [2.75, 3.05) is 0 Å². The van der Waals surface area contributed by atoms with Crippen molar-refractivity contribution in [3.05, 3.63) is 0 Å². The molecule has 0 bridgehead atoms. The number of hydrogen-bond acceptors (Lipinski definition) is 2. The fraction of sp³-hybridized carbons (Fsp3) is 0.900. The van der Waals surface area contributed by atoms with E-state index in [2.05, 4.69) is 0 Å². The molecule has 0 aromatic rings.